The van der Waals surface area contributed by atoms with Crippen molar-refractivity contribution >= 4 is 24.5 Å². The van der Waals surface area contributed by atoms with Crippen molar-refractivity contribution in [2.24, 2.45) is 0 Å². The SMILES string of the molecule is [C-]#[N+]c1cc(C)c(NC(=O)C(CC)[P+](C)(C)CC)c(C)c1. The number of rotatable bonds is 5. The van der Waals surface area contributed by atoms with Gasteiger partial charge in [-0.25, -0.2) is 4.85 Å². The zero-order valence-corrected chi connectivity index (χ0v) is 14.8. The van der Waals surface area contributed by atoms with Crippen LogP contribution in [0.2, 0.25) is 0 Å². The fraction of sp³-hybridized carbons (Fsp3) is 0.529. The molecule has 0 saturated carbocycles. The van der Waals surface area contributed by atoms with E-state index < -0.39 is 7.26 Å². The molecular weight excluding hydrogens is 279 g/mol. The van der Waals surface area contributed by atoms with Crippen molar-refractivity contribution < 1.29 is 4.79 Å². The third-order valence-corrected chi connectivity index (χ3v) is 8.16. The lowest BCUT2D eigenvalue weighted by Gasteiger charge is -2.26. The minimum Gasteiger partial charge on any atom is -0.322 e. The molecule has 0 fully saturated rings. The van der Waals surface area contributed by atoms with Crippen LogP contribution in [0.1, 0.15) is 31.4 Å². The Morgan fingerprint density at radius 1 is 1.29 bits per heavy atom. The summed E-state index contributed by atoms with van der Waals surface area (Å²) in [5.74, 6) is 0.124. The molecule has 1 amide bonds. The molecule has 1 rings (SSSR count). The maximum Gasteiger partial charge on any atom is 0.265 e. The van der Waals surface area contributed by atoms with Gasteiger partial charge in [-0.2, -0.15) is 0 Å². The van der Waals surface area contributed by atoms with E-state index in [0.717, 1.165) is 29.4 Å². The average Bonchev–Trinajstić information content (AvgIpc) is 2.43. The molecule has 1 unspecified atom stereocenters. The van der Waals surface area contributed by atoms with Gasteiger partial charge in [-0.3, -0.25) is 4.79 Å². The fourth-order valence-electron chi connectivity index (χ4n) is 2.63. The number of carbonyl (C=O) groups excluding carboxylic acids is 1. The van der Waals surface area contributed by atoms with E-state index in [1.165, 1.54) is 0 Å². The Labute approximate surface area is 129 Å². The molecule has 0 heterocycles. The zero-order chi connectivity index (χ0) is 16.2. The maximum absolute atomic E-state index is 12.7. The van der Waals surface area contributed by atoms with E-state index in [4.69, 9.17) is 6.57 Å². The quantitative estimate of drug-likeness (QED) is 0.611. The zero-order valence-electron chi connectivity index (χ0n) is 13.9. The molecule has 0 aromatic heterocycles. The minimum absolute atomic E-state index is 0.0989. The summed E-state index contributed by atoms with van der Waals surface area (Å²) in [7, 11) is -1.23. The van der Waals surface area contributed by atoms with Gasteiger partial charge in [-0.05, 0) is 38.3 Å². The maximum atomic E-state index is 12.7. The highest BCUT2D eigenvalue weighted by Crippen LogP contribution is 2.57. The largest absolute Gasteiger partial charge is 0.322 e. The van der Waals surface area contributed by atoms with E-state index in [9.17, 15) is 4.79 Å². The molecule has 1 atom stereocenters. The monoisotopic (exact) mass is 305 g/mol. The molecule has 1 aromatic rings. The van der Waals surface area contributed by atoms with Crippen molar-refractivity contribution in [1.29, 1.82) is 0 Å². The number of aryl methyl sites for hydroxylation is 2. The summed E-state index contributed by atoms with van der Waals surface area (Å²) < 4.78 is 0. The lowest BCUT2D eigenvalue weighted by molar-refractivity contribution is -0.115. The van der Waals surface area contributed by atoms with Crippen molar-refractivity contribution in [3.8, 4) is 0 Å². The smallest absolute Gasteiger partial charge is 0.265 e. The van der Waals surface area contributed by atoms with E-state index >= 15 is 0 Å². The first-order valence-electron chi connectivity index (χ1n) is 7.39. The van der Waals surface area contributed by atoms with Gasteiger partial charge in [0.05, 0.1) is 12.7 Å². The van der Waals surface area contributed by atoms with Gasteiger partial charge in [-0.15, -0.1) is 0 Å². The number of nitrogens with zero attached hydrogens (tertiary/aromatic N) is 1. The first kappa shape index (κ1) is 17.7. The molecule has 0 saturated heterocycles. The summed E-state index contributed by atoms with van der Waals surface area (Å²) >= 11 is 0. The average molecular weight is 305 g/mol. The second-order valence-electron chi connectivity index (χ2n) is 6.07. The lowest BCUT2D eigenvalue weighted by atomic mass is 10.1. The molecular formula is C17H26N2OP+. The Balaban J connectivity index is 3.06. The van der Waals surface area contributed by atoms with Gasteiger partial charge in [0.1, 0.15) is 5.66 Å². The summed E-state index contributed by atoms with van der Waals surface area (Å²) in [6.07, 6.45) is 1.95. The Morgan fingerprint density at radius 2 is 1.81 bits per heavy atom. The molecule has 0 aliphatic heterocycles. The molecule has 0 bridgehead atoms. The topological polar surface area (TPSA) is 33.5 Å². The Kier molecular flexibility index (Phi) is 5.93. The Morgan fingerprint density at radius 3 is 2.19 bits per heavy atom. The van der Waals surface area contributed by atoms with E-state index in [2.05, 4.69) is 37.3 Å². The van der Waals surface area contributed by atoms with Crippen molar-refractivity contribution in [2.45, 2.75) is 39.8 Å². The molecule has 0 spiro atoms. The first-order chi connectivity index (χ1) is 9.76. The van der Waals surface area contributed by atoms with Crippen LogP contribution in [0.3, 0.4) is 0 Å². The first-order valence-corrected chi connectivity index (χ1v) is 10.3. The predicted octanol–water partition coefficient (Wildman–Crippen LogP) is 4.87. The minimum atomic E-state index is -1.23. The van der Waals surface area contributed by atoms with Crippen molar-refractivity contribution in [3.63, 3.8) is 0 Å². The molecule has 21 heavy (non-hydrogen) atoms. The van der Waals surface area contributed by atoms with Gasteiger partial charge in [0.15, 0.2) is 5.69 Å². The van der Waals surface area contributed by atoms with Gasteiger partial charge in [-0.1, -0.05) is 19.1 Å². The van der Waals surface area contributed by atoms with Gasteiger partial charge in [0.2, 0.25) is 0 Å². The molecule has 1 N–H and O–H groups in total. The number of amides is 1. The van der Waals surface area contributed by atoms with Crippen molar-refractivity contribution in [1.82, 2.24) is 0 Å². The molecule has 0 aliphatic carbocycles. The van der Waals surface area contributed by atoms with Crippen LogP contribution in [0.15, 0.2) is 12.1 Å². The summed E-state index contributed by atoms with van der Waals surface area (Å²) in [6.45, 7) is 19.7. The highest BCUT2D eigenvalue weighted by Gasteiger charge is 2.39. The normalized spacial score (nSPS) is 12.6. The van der Waals surface area contributed by atoms with Crippen LogP contribution in [-0.2, 0) is 4.79 Å². The van der Waals surface area contributed by atoms with Crippen LogP contribution in [-0.4, -0.2) is 31.1 Å². The number of hydrogen-bond acceptors (Lipinski definition) is 1. The number of carbonyl (C=O) groups is 1. The highest BCUT2D eigenvalue weighted by molar-refractivity contribution is 7.76. The Bertz CT molecular complexity index is 550. The summed E-state index contributed by atoms with van der Waals surface area (Å²) in [5, 5.41) is 3.11. The predicted molar refractivity (Wildman–Crippen MR) is 94.2 cm³/mol. The van der Waals surface area contributed by atoms with Gasteiger partial charge in [0, 0.05) is 26.3 Å². The second kappa shape index (κ2) is 7.05. The third-order valence-electron chi connectivity index (χ3n) is 4.24. The summed E-state index contributed by atoms with van der Waals surface area (Å²) in [4.78, 5) is 16.1. The molecule has 114 valence electrons. The number of benzene rings is 1. The third kappa shape index (κ3) is 4.05. The molecule has 1 aromatic carbocycles. The molecule has 0 aliphatic rings. The van der Waals surface area contributed by atoms with E-state index in [-0.39, 0.29) is 11.6 Å². The molecule has 3 nitrogen and oxygen atoms in total. The fourth-order valence-corrected chi connectivity index (χ4v) is 4.75. The number of hydrogen-bond donors (Lipinski definition) is 1. The van der Waals surface area contributed by atoms with Gasteiger partial charge < -0.3 is 5.32 Å². The standard InChI is InChI=1S/C17H25N2OP/c1-8-15(21(6,7)9-2)17(20)19-16-12(3)10-14(18-5)11-13(16)4/h10-11,15H,8-9H2,1-4,6-7H3/p+1. The van der Waals surface area contributed by atoms with Gasteiger partial charge in [0.25, 0.3) is 5.91 Å². The van der Waals surface area contributed by atoms with Crippen molar-refractivity contribution in [2.75, 3.05) is 24.8 Å². The Hall–Kier alpha value is -1.39. The van der Waals surface area contributed by atoms with Crippen LogP contribution >= 0.6 is 7.26 Å². The summed E-state index contributed by atoms with van der Waals surface area (Å²) in [5.41, 5.74) is 3.49. The van der Waals surface area contributed by atoms with E-state index in [1.807, 2.05) is 26.0 Å². The van der Waals surface area contributed by atoms with E-state index in [1.54, 1.807) is 0 Å². The number of nitrogens with one attached hydrogen (secondary N) is 1. The lowest BCUT2D eigenvalue weighted by Crippen LogP contribution is -2.30. The van der Waals surface area contributed by atoms with Crippen LogP contribution in [0.5, 0.6) is 0 Å². The number of anilines is 1. The van der Waals surface area contributed by atoms with Crippen molar-refractivity contribution in [3.05, 3.63) is 34.7 Å². The van der Waals surface area contributed by atoms with E-state index in [0.29, 0.717) is 5.69 Å². The van der Waals surface area contributed by atoms with Crippen LogP contribution in [0.4, 0.5) is 11.4 Å². The highest BCUT2D eigenvalue weighted by atomic mass is 31.2. The summed E-state index contributed by atoms with van der Waals surface area (Å²) in [6, 6.07) is 3.66. The molecule has 0 radical (unpaired) electrons. The van der Waals surface area contributed by atoms with Gasteiger partial charge >= 0.3 is 0 Å². The van der Waals surface area contributed by atoms with Crippen LogP contribution in [0.25, 0.3) is 4.85 Å². The second-order valence-corrected chi connectivity index (χ2v) is 10.9. The molecule has 4 heteroatoms. The van der Waals surface area contributed by atoms with Crippen LogP contribution in [0, 0.1) is 20.4 Å². The van der Waals surface area contributed by atoms with Crippen LogP contribution < -0.4 is 5.32 Å².